The van der Waals surface area contributed by atoms with E-state index in [2.05, 4.69) is 0 Å². The molecule has 8 rings (SSSR count). The molecule has 0 fully saturated rings. The molecule has 8 aromatic rings. The van der Waals surface area contributed by atoms with Crippen molar-refractivity contribution >= 4 is 43.5 Å². The Balaban J connectivity index is 1.25. The predicted molar refractivity (Wildman–Crippen MR) is 170 cm³/mol. The van der Waals surface area contributed by atoms with Crippen molar-refractivity contribution in [1.82, 2.24) is 0 Å². The monoisotopic (exact) mass is 542 g/mol. The van der Waals surface area contributed by atoms with Gasteiger partial charge in [0.25, 0.3) is 0 Å². The Bertz CT molecular complexity index is 2290. The lowest BCUT2D eigenvalue weighted by Crippen LogP contribution is -2.03. The minimum Gasteiger partial charge on any atom is -0.422 e. The third-order valence-electron chi connectivity index (χ3n) is 7.96. The minimum absolute atomic E-state index is 0.385. The van der Waals surface area contributed by atoms with E-state index in [0.717, 1.165) is 54.6 Å². The Morgan fingerprint density at radius 2 is 0.786 bits per heavy atom. The molecule has 0 bridgehead atoms. The first-order chi connectivity index (χ1) is 20.6. The summed E-state index contributed by atoms with van der Waals surface area (Å²) in [5.74, 6) is 0. The highest BCUT2D eigenvalue weighted by molar-refractivity contribution is 6.07. The van der Waals surface area contributed by atoms with Crippen LogP contribution in [0.15, 0.2) is 152 Å². The number of rotatable bonds is 3. The van der Waals surface area contributed by atoms with Crippen molar-refractivity contribution in [2.45, 2.75) is 0 Å². The molecule has 0 saturated carbocycles. The molecule has 0 N–H and O–H groups in total. The van der Waals surface area contributed by atoms with E-state index in [0.29, 0.717) is 22.3 Å². The van der Waals surface area contributed by atoms with Crippen LogP contribution in [0.5, 0.6) is 0 Å². The molecule has 4 heteroatoms. The number of hydrogen-bond donors (Lipinski definition) is 0. The normalized spacial score (nSPS) is 11.5. The molecule has 0 atom stereocenters. The molecular weight excluding hydrogens is 520 g/mol. The van der Waals surface area contributed by atoms with Gasteiger partial charge in [0, 0.05) is 10.8 Å². The van der Waals surface area contributed by atoms with Crippen molar-refractivity contribution in [2.24, 2.45) is 0 Å². The maximum Gasteiger partial charge on any atom is 0.344 e. The molecule has 0 aliphatic carbocycles. The minimum atomic E-state index is -0.385. The van der Waals surface area contributed by atoms with Gasteiger partial charge in [-0.1, -0.05) is 97.1 Å². The number of benzene rings is 6. The fourth-order valence-electron chi connectivity index (χ4n) is 5.88. The lowest BCUT2D eigenvalue weighted by molar-refractivity contribution is 0.563. The first-order valence-electron chi connectivity index (χ1n) is 13.7. The zero-order valence-corrected chi connectivity index (χ0v) is 22.3. The van der Waals surface area contributed by atoms with Crippen LogP contribution in [-0.4, -0.2) is 0 Å². The molecule has 6 aromatic carbocycles. The van der Waals surface area contributed by atoms with Gasteiger partial charge in [-0.3, -0.25) is 0 Å². The summed E-state index contributed by atoms with van der Waals surface area (Å²) in [5.41, 5.74) is 4.72. The zero-order chi connectivity index (χ0) is 28.2. The van der Waals surface area contributed by atoms with Crippen molar-refractivity contribution in [3.8, 4) is 33.4 Å². The predicted octanol–water partition coefficient (Wildman–Crippen LogP) is 9.21. The van der Waals surface area contributed by atoms with E-state index in [1.54, 1.807) is 0 Å². The summed E-state index contributed by atoms with van der Waals surface area (Å²) < 4.78 is 11.5. The zero-order valence-electron chi connectivity index (χ0n) is 22.3. The topological polar surface area (TPSA) is 60.4 Å². The van der Waals surface area contributed by atoms with Crippen LogP contribution in [-0.2, 0) is 0 Å². The summed E-state index contributed by atoms with van der Waals surface area (Å²) in [6.07, 6.45) is 0. The molecule has 0 radical (unpaired) electrons. The Morgan fingerprint density at radius 1 is 0.357 bits per heavy atom. The molecule has 2 heterocycles. The van der Waals surface area contributed by atoms with Crippen molar-refractivity contribution in [1.29, 1.82) is 0 Å². The van der Waals surface area contributed by atoms with Gasteiger partial charge in [0.2, 0.25) is 0 Å². The lowest BCUT2D eigenvalue weighted by atomic mass is 9.96. The summed E-state index contributed by atoms with van der Waals surface area (Å²) in [5, 5.41) is 6.02. The molecule has 0 aliphatic heterocycles. The van der Waals surface area contributed by atoms with E-state index in [9.17, 15) is 9.59 Å². The van der Waals surface area contributed by atoms with Gasteiger partial charge in [-0.25, -0.2) is 9.59 Å². The largest absolute Gasteiger partial charge is 0.422 e. The first-order valence-corrected chi connectivity index (χ1v) is 13.7. The number of fused-ring (bicyclic) bond motifs is 6. The highest BCUT2D eigenvalue weighted by atomic mass is 16.4. The van der Waals surface area contributed by atoms with E-state index in [1.165, 1.54) is 0 Å². The first kappa shape index (κ1) is 24.1. The van der Waals surface area contributed by atoms with E-state index in [4.69, 9.17) is 8.83 Å². The van der Waals surface area contributed by atoms with Crippen LogP contribution >= 0.6 is 0 Å². The summed E-state index contributed by atoms with van der Waals surface area (Å²) in [6, 6.07) is 43.2. The lowest BCUT2D eigenvalue weighted by Gasteiger charge is -2.10. The second-order valence-corrected chi connectivity index (χ2v) is 10.5. The Kier molecular flexibility index (Phi) is 5.41. The molecule has 2 aromatic heterocycles. The molecule has 42 heavy (non-hydrogen) atoms. The van der Waals surface area contributed by atoms with Gasteiger partial charge in [0.1, 0.15) is 11.2 Å². The summed E-state index contributed by atoms with van der Waals surface area (Å²) in [7, 11) is 0. The third kappa shape index (κ3) is 3.93. The van der Waals surface area contributed by atoms with Crippen LogP contribution in [0, 0.1) is 0 Å². The van der Waals surface area contributed by atoms with Crippen LogP contribution in [0.2, 0.25) is 0 Å². The van der Waals surface area contributed by atoms with Crippen molar-refractivity contribution in [2.75, 3.05) is 0 Å². The molecule has 4 nitrogen and oxygen atoms in total. The van der Waals surface area contributed by atoms with Crippen molar-refractivity contribution in [3.63, 3.8) is 0 Å². The van der Waals surface area contributed by atoms with Gasteiger partial charge in [-0.05, 0) is 80.2 Å². The van der Waals surface area contributed by atoms with E-state index in [-0.39, 0.29) is 11.3 Å². The van der Waals surface area contributed by atoms with Gasteiger partial charge in [-0.2, -0.15) is 0 Å². The molecule has 0 unspecified atom stereocenters. The smallest absolute Gasteiger partial charge is 0.344 e. The highest BCUT2D eigenvalue weighted by Gasteiger charge is 2.14. The summed E-state index contributed by atoms with van der Waals surface area (Å²) in [6.45, 7) is 0. The molecular formula is C38H22O4. The standard InChI is InChI=1S/C38H22O4/c39-37-31(21-33-29-13-3-1-7-23(29)15-17-35(33)41-37)27-11-5-9-25(19-27)26-10-6-12-28(20-26)32-22-34-30-14-4-2-8-24(30)16-18-36(34)42-38(32)40/h1-22H. The van der Waals surface area contributed by atoms with Crippen molar-refractivity contribution < 1.29 is 8.83 Å². The molecule has 198 valence electrons. The van der Waals surface area contributed by atoms with Crippen LogP contribution in [0.4, 0.5) is 0 Å². The Morgan fingerprint density at radius 3 is 1.26 bits per heavy atom. The van der Waals surface area contributed by atoms with Gasteiger partial charge in [0.05, 0.1) is 11.1 Å². The summed E-state index contributed by atoms with van der Waals surface area (Å²) in [4.78, 5) is 26.2. The molecule has 0 amide bonds. The van der Waals surface area contributed by atoms with Crippen LogP contribution in [0.25, 0.3) is 76.9 Å². The average molecular weight is 543 g/mol. The van der Waals surface area contributed by atoms with Crippen LogP contribution in [0.3, 0.4) is 0 Å². The third-order valence-corrected chi connectivity index (χ3v) is 7.96. The quantitative estimate of drug-likeness (QED) is 0.165. The fraction of sp³-hybridized carbons (Fsp3) is 0. The molecule has 0 spiro atoms. The maximum absolute atomic E-state index is 13.1. The second kappa shape index (κ2) is 9.43. The van der Waals surface area contributed by atoms with Gasteiger partial charge < -0.3 is 8.83 Å². The Hall–Kier alpha value is -5.74. The van der Waals surface area contributed by atoms with Crippen LogP contribution < -0.4 is 11.3 Å². The molecule has 0 saturated heterocycles. The van der Waals surface area contributed by atoms with Crippen molar-refractivity contribution in [3.05, 3.63) is 154 Å². The van der Waals surface area contributed by atoms with E-state index < -0.39 is 0 Å². The van der Waals surface area contributed by atoms with E-state index >= 15 is 0 Å². The second-order valence-electron chi connectivity index (χ2n) is 10.5. The average Bonchev–Trinajstić information content (AvgIpc) is 3.04. The molecule has 0 aliphatic rings. The highest BCUT2D eigenvalue weighted by Crippen LogP contribution is 2.33. The van der Waals surface area contributed by atoms with Crippen LogP contribution in [0.1, 0.15) is 0 Å². The number of hydrogen-bond acceptors (Lipinski definition) is 4. The fourth-order valence-corrected chi connectivity index (χ4v) is 5.88. The van der Waals surface area contributed by atoms with E-state index in [1.807, 2.05) is 133 Å². The van der Waals surface area contributed by atoms with Gasteiger partial charge in [-0.15, -0.1) is 0 Å². The Labute approximate surface area is 239 Å². The SMILES string of the molecule is O=c1oc2ccc3ccccc3c2cc1-c1cccc(-c2cccc(-c3cc4c(ccc5ccccc54)oc3=O)c2)c1. The van der Waals surface area contributed by atoms with Gasteiger partial charge in [0.15, 0.2) is 0 Å². The summed E-state index contributed by atoms with van der Waals surface area (Å²) >= 11 is 0. The van der Waals surface area contributed by atoms with Gasteiger partial charge >= 0.3 is 11.3 Å². The maximum atomic E-state index is 13.1.